The highest BCUT2D eigenvalue weighted by Gasteiger charge is 2.18. The fourth-order valence-corrected chi connectivity index (χ4v) is 1.62. The molecule has 2 heterocycles. The van der Waals surface area contributed by atoms with Gasteiger partial charge >= 0.3 is 5.97 Å². The second-order valence-corrected chi connectivity index (χ2v) is 3.83. The van der Waals surface area contributed by atoms with Gasteiger partial charge in [-0.05, 0) is 12.1 Å². The number of nitrogens with two attached hydrogens (primary N) is 1. The Kier molecular flexibility index (Phi) is 3.43. The van der Waals surface area contributed by atoms with Crippen LogP contribution in [0.2, 0.25) is 0 Å². The molecule has 1 saturated heterocycles. The molecule has 0 unspecified atom stereocenters. The molecular formula is C11H14N2O4. The molecule has 1 aliphatic rings. The number of hydrogen-bond donors (Lipinski definition) is 2. The molecule has 0 saturated carbocycles. The summed E-state index contributed by atoms with van der Waals surface area (Å²) in [6.45, 7) is 1.28. The largest absolute Gasteiger partial charge is 0.477 e. The van der Waals surface area contributed by atoms with Crippen molar-refractivity contribution in [2.24, 2.45) is 0 Å². The van der Waals surface area contributed by atoms with Crippen molar-refractivity contribution < 1.29 is 19.4 Å². The number of carboxylic acid groups (broad SMARTS) is 1. The fraction of sp³-hybridized carbons (Fsp3) is 0.455. The lowest BCUT2D eigenvalue weighted by Crippen LogP contribution is -2.26. The molecule has 0 aliphatic carbocycles. The van der Waals surface area contributed by atoms with Gasteiger partial charge in [0.05, 0.1) is 18.9 Å². The SMILES string of the molecule is Nc1ccc(C(=O)O)nc1OC1CCOCC1. The Balaban J connectivity index is 2.13. The van der Waals surface area contributed by atoms with E-state index in [1.165, 1.54) is 12.1 Å². The quantitative estimate of drug-likeness (QED) is 0.813. The second kappa shape index (κ2) is 5.01. The molecular weight excluding hydrogens is 224 g/mol. The maximum absolute atomic E-state index is 10.8. The Morgan fingerprint density at radius 1 is 1.47 bits per heavy atom. The molecule has 3 N–H and O–H groups in total. The van der Waals surface area contributed by atoms with Crippen molar-refractivity contribution in [3.05, 3.63) is 17.8 Å². The molecule has 0 amide bonds. The van der Waals surface area contributed by atoms with Crippen LogP contribution in [0.4, 0.5) is 5.69 Å². The first kappa shape index (κ1) is 11.7. The molecule has 1 aromatic rings. The van der Waals surface area contributed by atoms with Crippen LogP contribution in [0.1, 0.15) is 23.3 Å². The second-order valence-electron chi connectivity index (χ2n) is 3.83. The van der Waals surface area contributed by atoms with Gasteiger partial charge in [-0.1, -0.05) is 0 Å². The molecule has 6 heteroatoms. The highest BCUT2D eigenvalue weighted by molar-refractivity contribution is 5.86. The Hall–Kier alpha value is -1.82. The maximum Gasteiger partial charge on any atom is 0.354 e. The van der Waals surface area contributed by atoms with E-state index in [4.69, 9.17) is 20.3 Å². The molecule has 2 rings (SSSR count). The van der Waals surface area contributed by atoms with Gasteiger partial charge in [-0.25, -0.2) is 9.78 Å². The zero-order valence-corrected chi connectivity index (χ0v) is 9.26. The summed E-state index contributed by atoms with van der Waals surface area (Å²) in [5.41, 5.74) is 5.98. The number of nitrogens with zero attached hydrogens (tertiary/aromatic N) is 1. The number of carbonyl (C=O) groups is 1. The minimum Gasteiger partial charge on any atom is -0.477 e. The van der Waals surface area contributed by atoms with Gasteiger partial charge in [0.25, 0.3) is 0 Å². The van der Waals surface area contributed by atoms with Gasteiger partial charge in [-0.3, -0.25) is 0 Å². The number of pyridine rings is 1. The highest BCUT2D eigenvalue weighted by atomic mass is 16.5. The number of anilines is 1. The highest BCUT2D eigenvalue weighted by Crippen LogP contribution is 2.22. The monoisotopic (exact) mass is 238 g/mol. The lowest BCUT2D eigenvalue weighted by molar-refractivity contribution is 0.0238. The average molecular weight is 238 g/mol. The number of hydrogen-bond acceptors (Lipinski definition) is 5. The first-order valence-electron chi connectivity index (χ1n) is 5.41. The van der Waals surface area contributed by atoms with Crippen molar-refractivity contribution in [1.29, 1.82) is 0 Å². The summed E-state index contributed by atoms with van der Waals surface area (Å²) in [5.74, 6) is -0.904. The third kappa shape index (κ3) is 2.85. The Labute approximate surface area is 98.4 Å². The normalized spacial score (nSPS) is 16.7. The minimum absolute atomic E-state index is 0.0115. The first-order chi connectivity index (χ1) is 8.16. The van der Waals surface area contributed by atoms with Crippen LogP contribution >= 0.6 is 0 Å². The first-order valence-corrected chi connectivity index (χ1v) is 5.41. The van der Waals surface area contributed by atoms with E-state index in [1.807, 2.05) is 0 Å². The minimum atomic E-state index is -1.10. The Bertz CT molecular complexity index is 416. The maximum atomic E-state index is 10.8. The van der Waals surface area contributed by atoms with E-state index < -0.39 is 5.97 Å². The van der Waals surface area contributed by atoms with Crippen LogP contribution in [0.3, 0.4) is 0 Å². The molecule has 0 aromatic carbocycles. The number of rotatable bonds is 3. The van der Waals surface area contributed by atoms with E-state index in [2.05, 4.69) is 4.98 Å². The molecule has 1 aliphatic heterocycles. The van der Waals surface area contributed by atoms with Crippen LogP contribution in [-0.2, 0) is 4.74 Å². The summed E-state index contributed by atoms with van der Waals surface area (Å²) in [6.07, 6.45) is 1.51. The van der Waals surface area contributed by atoms with E-state index in [0.717, 1.165) is 12.8 Å². The average Bonchev–Trinajstić information content (AvgIpc) is 2.33. The summed E-state index contributed by atoms with van der Waals surface area (Å²) < 4.78 is 10.8. The molecule has 0 radical (unpaired) electrons. The smallest absolute Gasteiger partial charge is 0.354 e. The van der Waals surface area contributed by atoms with E-state index >= 15 is 0 Å². The molecule has 1 aromatic heterocycles. The molecule has 1 fully saturated rings. The van der Waals surface area contributed by atoms with Gasteiger partial charge in [-0.2, -0.15) is 0 Å². The topological polar surface area (TPSA) is 94.7 Å². The lowest BCUT2D eigenvalue weighted by Gasteiger charge is -2.23. The summed E-state index contributed by atoms with van der Waals surface area (Å²) in [6, 6.07) is 2.85. The zero-order valence-electron chi connectivity index (χ0n) is 9.26. The van der Waals surface area contributed by atoms with Crippen molar-refractivity contribution in [3.8, 4) is 5.88 Å². The van der Waals surface area contributed by atoms with Gasteiger partial charge in [0.1, 0.15) is 6.10 Å². The van der Waals surface area contributed by atoms with Crippen LogP contribution in [0.5, 0.6) is 5.88 Å². The van der Waals surface area contributed by atoms with E-state index in [9.17, 15) is 4.79 Å². The van der Waals surface area contributed by atoms with Gasteiger partial charge < -0.3 is 20.3 Å². The predicted octanol–water partition coefficient (Wildman–Crippen LogP) is 0.920. The summed E-state index contributed by atoms with van der Waals surface area (Å²) in [4.78, 5) is 14.7. The predicted molar refractivity (Wildman–Crippen MR) is 60.1 cm³/mol. The van der Waals surface area contributed by atoms with E-state index in [1.54, 1.807) is 0 Å². The number of aromatic nitrogens is 1. The van der Waals surface area contributed by atoms with Gasteiger partial charge in [0.15, 0.2) is 5.69 Å². The van der Waals surface area contributed by atoms with Gasteiger partial charge in [0, 0.05) is 12.8 Å². The van der Waals surface area contributed by atoms with Crippen molar-refractivity contribution in [2.75, 3.05) is 18.9 Å². The van der Waals surface area contributed by atoms with Crippen LogP contribution in [0.15, 0.2) is 12.1 Å². The van der Waals surface area contributed by atoms with Crippen molar-refractivity contribution >= 4 is 11.7 Å². The molecule has 0 atom stereocenters. The van der Waals surface area contributed by atoms with Gasteiger partial charge in [0.2, 0.25) is 5.88 Å². The summed E-state index contributed by atoms with van der Waals surface area (Å²) >= 11 is 0. The molecule has 0 spiro atoms. The summed E-state index contributed by atoms with van der Waals surface area (Å²) in [5, 5.41) is 8.83. The fourth-order valence-electron chi connectivity index (χ4n) is 1.62. The molecule has 0 bridgehead atoms. The van der Waals surface area contributed by atoms with Gasteiger partial charge in [-0.15, -0.1) is 0 Å². The third-order valence-corrected chi connectivity index (χ3v) is 2.56. The summed E-state index contributed by atoms with van der Waals surface area (Å²) in [7, 11) is 0. The Morgan fingerprint density at radius 3 is 2.82 bits per heavy atom. The number of aromatic carboxylic acids is 1. The van der Waals surface area contributed by atoms with E-state index in [0.29, 0.717) is 18.9 Å². The van der Waals surface area contributed by atoms with Crippen molar-refractivity contribution in [1.82, 2.24) is 4.98 Å². The van der Waals surface area contributed by atoms with Crippen LogP contribution in [-0.4, -0.2) is 35.4 Å². The number of carboxylic acids is 1. The third-order valence-electron chi connectivity index (χ3n) is 2.56. The molecule has 6 nitrogen and oxygen atoms in total. The zero-order chi connectivity index (χ0) is 12.3. The number of ether oxygens (including phenoxy) is 2. The van der Waals surface area contributed by atoms with Crippen LogP contribution in [0, 0.1) is 0 Å². The molecule has 92 valence electrons. The lowest BCUT2D eigenvalue weighted by atomic mass is 10.1. The molecule has 17 heavy (non-hydrogen) atoms. The number of nitrogen functional groups attached to an aromatic ring is 1. The van der Waals surface area contributed by atoms with Crippen molar-refractivity contribution in [2.45, 2.75) is 18.9 Å². The standard InChI is InChI=1S/C11H14N2O4/c12-8-1-2-9(11(14)15)13-10(8)17-7-3-5-16-6-4-7/h1-2,7H,3-6,12H2,(H,14,15). The van der Waals surface area contributed by atoms with E-state index in [-0.39, 0.29) is 17.7 Å². The van der Waals surface area contributed by atoms with Crippen molar-refractivity contribution in [3.63, 3.8) is 0 Å². The van der Waals surface area contributed by atoms with Crippen LogP contribution in [0.25, 0.3) is 0 Å². The Morgan fingerprint density at radius 2 is 2.18 bits per heavy atom. The van der Waals surface area contributed by atoms with Crippen LogP contribution < -0.4 is 10.5 Å².